The van der Waals surface area contributed by atoms with Crippen LogP contribution in [0.15, 0.2) is 60.7 Å². The van der Waals surface area contributed by atoms with Crippen LogP contribution in [0.1, 0.15) is 50.8 Å². The number of likely N-dealkylation sites (tertiary alicyclic amines) is 1. The number of carboxylic acid groups (broad SMARTS) is 1. The van der Waals surface area contributed by atoms with Crippen molar-refractivity contribution in [2.45, 2.75) is 50.7 Å². The lowest BCUT2D eigenvalue weighted by Gasteiger charge is -2.41. The summed E-state index contributed by atoms with van der Waals surface area (Å²) in [5.41, 5.74) is -0.240. The smallest absolute Gasteiger partial charge is 0.410 e. The highest BCUT2D eigenvalue weighted by atomic mass is 16.6. The summed E-state index contributed by atoms with van der Waals surface area (Å²) in [5.74, 6) is -1.48. The molecule has 0 spiro atoms. The van der Waals surface area contributed by atoms with Crippen LogP contribution in [0.5, 0.6) is 0 Å². The molecule has 2 aromatic carbocycles. The molecule has 1 heterocycles. The number of nitrogens with zero attached hydrogens (tertiary/aromatic N) is 1. The van der Waals surface area contributed by atoms with Crippen molar-refractivity contribution < 1.29 is 24.2 Å². The van der Waals surface area contributed by atoms with Gasteiger partial charge in [-0.1, -0.05) is 60.7 Å². The number of aliphatic carboxylic acids is 1. The molecule has 2 amide bonds. The molecule has 0 bridgehead atoms. The van der Waals surface area contributed by atoms with Crippen molar-refractivity contribution in [1.29, 1.82) is 0 Å². The molecule has 1 fully saturated rings. The lowest BCUT2D eigenvalue weighted by atomic mass is 9.71. The fourth-order valence-electron chi connectivity index (χ4n) is 4.00. The summed E-state index contributed by atoms with van der Waals surface area (Å²) in [6, 6.07) is 16.8. The van der Waals surface area contributed by atoms with Crippen molar-refractivity contribution in [2.24, 2.45) is 0 Å². The molecule has 1 aliphatic heterocycles. The van der Waals surface area contributed by atoms with Gasteiger partial charge in [-0.2, -0.15) is 0 Å². The Hall–Kier alpha value is -3.35. The maximum Gasteiger partial charge on any atom is 0.410 e. The monoisotopic (exact) mass is 438 g/mol. The number of benzene rings is 2. The zero-order chi connectivity index (χ0) is 23.4. The van der Waals surface area contributed by atoms with Gasteiger partial charge < -0.3 is 20.1 Å². The van der Waals surface area contributed by atoms with Gasteiger partial charge in [-0.15, -0.1) is 0 Å². The van der Waals surface area contributed by atoms with Crippen LogP contribution < -0.4 is 5.32 Å². The maximum absolute atomic E-state index is 13.6. The minimum Gasteiger partial charge on any atom is -0.479 e. The van der Waals surface area contributed by atoms with E-state index in [0.29, 0.717) is 31.5 Å². The van der Waals surface area contributed by atoms with E-state index >= 15 is 0 Å². The Kier molecular flexibility index (Phi) is 6.87. The van der Waals surface area contributed by atoms with Crippen LogP contribution in [-0.2, 0) is 19.7 Å². The molecule has 2 N–H and O–H groups in total. The summed E-state index contributed by atoms with van der Waals surface area (Å²) >= 11 is 0. The van der Waals surface area contributed by atoms with Gasteiger partial charge in [0.25, 0.3) is 0 Å². The molecular weight excluding hydrogens is 408 g/mol. The maximum atomic E-state index is 13.6. The molecule has 0 unspecified atom stereocenters. The first kappa shape index (κ1) is 23.3. The Bertz CT molecular complexity index is 945. The molecule has 0 aliphatic carbocycles. The number of amides is 2. The number of ether oxygens (including phenoxy) is 1. The summed E-state index contributed by atoms with van der Waals surface area (Å²) in [7, 11) is 0. The average Bonchev–Trinajstić information content (AvgIpc) is 2.77. The van der Waals surface area contributed by atoms with E-state index < -0.39 is 29.1 Å². The molecule has 1 atom stereocenters. The van der Waals surface area contributed by atoms with Crippen LogP contribution >= 0.6 is 0 Å². The first-order valence-corrected chi connectivity index (χ1v) is 10.7. The Morgan fingerprint density at radius 3 is 2.00 bits per heavy atom. The van der Waals surface area contributed by atoms with Crippen molar-refractivity contribution in [3.63, 3.8) is 0 Å². The number of nitrogens with one attached hydrogen (secondary N) is 1. The Labute approximate surface area is 188 Å². The third-order valence-electron chi connectivity index (χ3n) is 5.68. The van der Waals surface area contributed by atoms with E-state index in [1.165, 1.54) is 0 Å². The number of carbonyl (C=O) groups excluding carboxylic acids is 2. The van der Waals surface area contributed by atoms with Crippen molar-refractivity contribution in [3.8, 4) is 0 Å². The van der Waals surface area contributed by atoms with Crippen molar-refractivity contribution in [3.05, 3.63) is 71.8 Å². The molecule has 2 aromatic rings. The Morgan fingerprint density at radius 2 is 1.50 bits per heavy atom. The number of piperidine rings is 1. The number of hydrogen-bond acceptors (Lipinski definition) is 4. The van der Waals surface area contributed by atoms with Crippen LogP contribution in [0.3, 0.4) is 0 Å². The Balaban J connectivity index is 1.85. The van der Waals surface area contributed by atoms with Crippen LogP contribution in [0, 0.1) is 0 Å². The second-order valence-corrected chi connectivity index (χ2v) is 9.07. The van der Waals surface area contributed by atoms with Crippen LogP contribution in [-0.4, -0.2) is 46.7 Å². The molecule has 32 heavy (non-hydrogen) atoms. The number of carboxylic acids is 1. The zero-order valence-electron chi connectivity index (χ0n) is 18.7. The zero-order valence-corrected chi connectivity index (χ0v) is 18.7. The number of hydrogen-bond donors (Lipinski definition) is 2. The molecule has 170 valence electrons. The molecule has 1 saturated heterocycles. The van der Waals surface area contributed by atoms with Crippen LogP contribution in [0.4, 0.5) is 4.79 Å². The molecule has 1 aliphatic rings. The topological polar surface area (TPSA) is 95.9 Å². The van der Waals surface area contributed by atoms with E-state index in [1.54, 1.807) is 35.2 Å². The minimum atomic E-state index is -1.16. The molecule has 7 nitrogen and oxygen atoms in total. The molecule has 0 aromatic heterocycles. The highest BCUT2D eigenvalue weighted by Crippen LogP contribution is 2.37. The van der Waals surface area contributed by atoms with Crippen LogP contribution in [0.2, 0.25) is 0 Å². The van der Waals surface area contributed by atoms with Gasteiger partial charge in [-0.05, 0) is 44.7 Å². The molecule has 0 radical (unpaired) electrons. The highest BCUT2D eigenvalue weighted by Gasteiger charge is 2.45. The van der Waals surface area contributed by atoms with Gasteiger partial charge in [0.1, 0.15) is 5.60 Å². The van der Waals surface area contributed by atoms with Crippen molar-refractivity contribution in [1.82, 2.24) is 10.2 Å². The van der Waals surface area contributed by atoms with Crippen molar-refractivity contribution in [2.75, 3.05) is 13.1 Å². The van der Waals surface area contributed by atoms with E-state index in [9.17, 15) is 19.5 Å². The lowest BCUT2D eigenvalue weighted by molar-refractivity contribution is -0.143. The third-order valence-corrected chi connectivity index (χ3v) is 5.68. The largest absolute Gasteiger partial charge is 0.479 e. The van der Waals surface area contributed by atoms with Crippen LogP contribution in [0.25, 0.3) is 0 Å². The second kappa shape index (κ2) is 9.42. The van der Waals surface area contributed by atoms with Gasteiger partial charge in [0.15, 0.2) is 6.04 Å². The van der Waals surface area contributed by atoms with Gasteiger partial charge in [-0.3, -0.25) is 4.79 Å². The van der Waals surface area contributed by atoms with Crippen molar-refractivity contribution >= 4 is 18.0 Å². The van der Waals surface area contributed by atoms with Gasteiger partial charge in [-0.25, -0.2) is 9.59 Å². The van der Waals surface area contributed by atoms with E-state index in [4.69, 9.17) is 4.74 Å². The summed E-state index contributed by atoms with van der Waals surface area (Å²) in [6.45, 7) is 6.10. The summed E-state index contributed by atoms with van der Waals surface area (Å²) < 4.78 is 5.47. The molecule has 7 heteroatoms. The molecular formula is C25H30N2O5. The molecule has 0 saturated carbocycles. The van der Waals surface area contributed by atoms with E-state index in [2.05, 4.69) is 5.32 Å². The number of carbonyl (C=O) groups is 3. The Morgan fingerprint density at radius 1 is 0.969 bits per heavy atom. The standard InChI is InChI=1S/C25H30N2O5/c1-24(2,3)32-23(31)27-16-14-25(15-17-27,19-12-8-5-9-13-19)22(30)26-20(21(28)29)18-10-6-4-7-11-18/h4-13,20H,14-17H2,1-3H3,(H,26,30)(H,28,29)/t20-/m0/s1. The van der Waals surface area contributed by atoms with Gasteiger partial charge in [0, 0.05) is 13.1 Å². The quantitative estimate of drug-likeness (QED) is 0.738. The predicted octanol–water partition coefficient (Wildman–Crippen LogP) is 3.90. The fourth-order valence-corrected chi connectivity index (χ4v) is 4.00. The van der Waals surface area contributed by atoms with Gasteiger partial charge in [0.05, 0.1) is 5.41 Å². The van der Waals surface area contributed by atoms with E-state index in [0.717, 1.165) is 5.56 Å². The van der Waals surface area contributed by atoms with E-state index in [1.807, 2.05) is 51.1 Å². The number of rotatable bonds is 5. The normalized spacial score (nSPS) is 16.7. The lowest BCUT2D eigenvalue weighted by Crippen LogP contribution is -2.54. The first-order valence-electron chi connectivity index (χ1n) is 10.7. The van der Waals surface area contributed by atoms with Gasteiger partial charge in [0.2, 0.25) is 5.91 Å². The summed E-state index contributed by atoms with van der Waals surface area (Å²) in [4.78, 5) is 39.7. The minimum absolute atomic E-state index is 0.334. The van der Waals surface area contributed by atoms with E-state index in [-0.39, 0.29) is 5.91 Å². The summed E-state index contributed by atoms with van der Waals surface area (Å²) in [5, 5.41) is 12.5. The fraction of sp³-hybridized carbons (Fsp3) is 0.400. The average molecular weight is 439 g/mol. The molecule has 3 rings (SSSR count). The highest BCUT2D eigenvalue weighted by molar-refractivity contribution is 5.92. The SMILES string of the molecule is CC(C)(C)OC(=O)N1CCC(C(=O)N[C@H](C(=O)O)c2ccccc2)(c2ccccc2)CC1. The first-order chi connectivity index (χ1) is 15.1. The third kappa shape index (κ3) is 5.28. The predicted molar refractivity (Wildman–Crippen MR) is 120 cm³/mol. The second-order valence-electron chi connectivity index (χ2n) is 9.07. The summed E-state index contributed by atoms with van der Waals surface area (Å²) in [6.07, 6.45) is 0.319. The van der Waals surface area contributed by atoms with Gasteiger partial charge >= 0.3 is 12.1 Å².